The summed E-state index contributed by atoms with van der Waals surface area (Å²) in [7, 11) is -1.91. The number of hydrogen-bond acceptors (Lipinski definition) is 3. The van der Waals surface area contributed by atoms with Gasteiger partial charge in [0.2, 0.25) is 0 Å². The molecule has 0 bridgehead atoms. The molecule has 2 aromatic rings. The van der Waals surface area contributed by atoms with Gasteiger partial charge in [-0.15, -0.1) is 0 Å². The molecule has 1 saturated carbocycles. The summed E-state index contributed by atoms with van der Waals surface area (Å²) in [5.74, 6) is -1.30. The van der Waals surface area contributed by atoms with Crippen LogP contribution in [-0.4, -0.2) is 25.3 Å². The van der Waals surface area contributed by atoms with Crippen molar-refractivity contribution in [1.82, 2.24) is 5.32 Å². The van der Waals surface area contributed by atoms with Gasteiger partial charge in [0.05, 0.1) is 23.2 Å². The second-order valence-corrected chi connectivity index (χ2v) is 15.4. The number of hydrogen-bond donors (Lipinski definition) is 2. The standard InChI is InChI=1S/C25H31ClFNO4Si/c1-25(2,3)33(4,5)32-14-15-6-8-17(9-7-15)23(29)20-19(26)13-12-18(21(20)27)22(16-10-11-16)28-24(30)31/h6-9,12-13,16,22,28H,10-11,14H2,1-5H3,(H,30,31). The van der Waals surface area contributed by atoms with Crippen LogP contribution in [0.4, 0.5) is 9.18 Å². The maximum Gasteiger partial charge on any atom is 0.405 e. The highest BCUT2D eigenvalue weighted by Gasteiger charge is 2.38. The zero-order valence-corrected chi connectivity index (χ0v) is 21.4. The molecular weight excluding hydrogens is 461 g/mol. The molecule has 0 radical (unpaired) electrons. The van der Waals surface area contributed by atoms with Gasteiger partial charge in [-0.25, -0.2) is 9.18 Å². The van der Waals surface area contributed by atoms with Gasteiger partial charge in [-0.05, 0) is 48.5 Å². The molecule has 2 N–H and O–H groups in total. The minimum Gasteiger partial charge on any atom is -0.465 e. The van der Waals surface area contributed by atoms with E-state index in [0.717, 1.165) is 18.4 Å². The van der Waals surface area contributed by atoms with Gasteiger partial charge in [-0.2, -0.15) is 0 Å². The van der Waals surface area contributed by atoms with Crippen LogP contribution in [0.15, 0.2) is 36.4 Å². The minimum absolute atomic E-state index is 0.00328. The predicted molar refractivity (Wildman–Crippen MR) is 130 cm³/mol. The minimum atomic E-state index is -1.91. The maximum absolute atomic E-state index is 15.4. The molecule has 0 heterocycles. The topological polar surface area (TPSA) is 75.6 Å². The number of carbonyl (C=O) groups is 2. The highest BCUT2D eigenvalue weighted by atomic mass is 35.5. The Morgan fingerprint density at radius 2 is 1.79 bits per heavy atom. The number of ketones is 1. The fourth-order valence-electron chi connectivity index (χ4n) is 3.41. The number of halogens is 2. The van der Waals surface area contributed by atoms with Gasteiger partial charge in [0.1, 0.15) is 5.82 Å². The van der Waals surface area contributed by atoms with Gasteiger partial charge in [0.15, 0.2) is 14.1 Å². The first kappa shape index (κ1) is 25.4. The van der Waals surface area contributed by atoms with Crippen molar-refractivity contribution in [3.63, 3.8) is 0 Å². The van der Waals surface area contributed by atoms with Gasteiger partial charge in [0, 0.05) is 11.1 Å². The largest absolute Gasteiger partial charge is 0.465 e. The van der Waals surface area contributed by atoms with Crippen molar-refractivity contribution >= 4 is 31.8 Å². The number of benzene rings is 2. The Bertz CT molecular complexity index is 1050. The molecule has 1 unspecified atom stereocenters. The first-order chi connectivity index (χ1) is 15.3. The van der Waals surface area contributed by atoms with Crippen molar-refractivity contribution in [3.05, 3.63) is 69.5 Å². The van der Waals surface area contributed by atoms with Crippen LogP contribution in [0.5, 0.6) is 0 Å². The number of amides is 1. The molecule has 1 aliphatic rings. The summed E-state index contributed by atoms with van der Waals surface area (Å²) < 4.78 is 21.7. The summed E-state index contributed by atoms with van der Waals surface area (Å²) in [4.78, 5) is 24.3. The average molecular weight is 492 g/mol. The molecule has 8 heteroatoms. The first-order valence-corrected chi connectivity index (χ1v) is 14.4. The Morgan fingerprint density at radius 3 is 2.30 bits per heavy atom. The lowest BCUT2D eigenvalue weighted by Gasteiger charge is -2.36. The normalized spacial score (nSPS) is 15.2. The van der Waals surface area contributed by atoms with E-state index in [2.05, 4.69) is 39.2 Å². The molecule has 0 spiro atoms. The Hall–Kier alpha value is -2.22. The number of nitrogens with one attached hydrogen (secondary N) is 1. The third-order valence-electron chi connectivity index (χ3n) is 6.68. The summed E-state index contributed by atoms with van der Waals surface area (Å²) in [5, 5.41) is 11.6. The molecule has 0 aliphatic heterocycles. The van der Waals surface area contributed by atoms with Crippen LogP contribution in [0.25, 0.3) is 0 Å². The zero-order valence-electron chi connectivity index (χ0n) is 19.7. The van der Waals surface area contributed by atoms with Gasteiger partial charge in [0.25, 0.3) is 0 Å². The van der Waals surface area contributed by atoms with Crippen LogP contribution in [0.1, 0.15) is 66.7 Å². The Labute approximate surface area is 200 Å². The Balaban J connectivity index is 1.83. The van der Waals surface area contributed by atoms with Crippen molar-refractivity contribution in [1.29, 1.82) is 0 Å². The summed E-state index contributed by atoms with van der Waals surface area (Å²) in [5.41, 5.74) is 1.14. The maximum atomic E-state index is 15.4. The summed E-state index contributed by atoms with van der Waals surface area (Å²) in [6.07, 6.45) is 0.369. The molecule has 5 nitrogen and oxygen atoms in total. The van der Waals surface area contributed by atoms with Crippen molar-refractivity contribution in [2.75, 3.05) is 0 Å². The van der Waals surface area contributed by atoms with Crippen molar-refractivity contribution in [3.8, 4) is 0 Å². The quantitative estimate of drug-likeness (QED) is 0.309. The van der Waals surface area contributed by atoms with E-state index in [1.807, 2.05) is 0 Å². The lowest BCUT2D eigenvalue weighted by atomic mass is 9.95. The van der Waals surface area contributed by atoms with Gasteiger partial charge in [-0.1, -0.05) is 62.7 Å². The van der Waals surface area contributed by atoms with Crippen LogP contribution in [0, 0.1) is 11.7 Å². The Morgan fingerprint density at radius 1 is 1.18 bits per heavy atom. The van der Waals surface area contributed by atoms with Crippen molar-refractivity contribution < 1.29 is 23.5 Å². The van der Waals surface area contributed by atoms with E-state index < -0.39 is 32.1 Å². The van der Waals surface area contributed by atoms with E-state index in [1.165, 1.54) is 12.1 Å². The number of rotatable bonds is 8. The van der Waals surface area contributed by atoms with Crippen LogP contribution in [-0.2, 0) is 11.0 Å². The smallest absolute Gasteiger partial charge is 0.405 e. The van der Waals surface area contributed by atoms with E-state index in [0.29, 0.717) is 12.2 Å². The zero-order chi connectivity index (χ0) is 24.6. The van der Waals surface area contributed by atoms with Gasteiger partial charge in [-0.3, -0.25) is 4.79 Å². The fraction of sp³-hybridized carbons (Fsp3) is 0.440. The molecule has 0 aromatic heterocycles. The molecule has 0 saturated heterocycles. The van der Waals surface area contributed by atoms with Crippen LogP contribution < -0.4 is 5.32 Å². The van der Waals surface area contributed by atoms with Crippen LogP contribution >= 0.6 is 11.6 Å². The Kier molecular flexibility index (Phi) is 7.36. The highest BCUT2D eigenvalue weighted by Crippen LogP contribution is 2.43. The molecular formula is C25H31ClFNO4Si. The second-order valence-electron chi connectivity index (χ2n) is 10.2. The molecule has 1 amide bonds. The highest BCUT2D eigenvalue weighted by molar-refractivity contribution is 6.74. The number of carbonyl (C=O) groups excluding carboxylic acids is 1. The third-order valence-corrected chi connectivity index (χ3v) is 11.5. The average Bonchev–Trinajstić information content (AvgIpc) is 3.55. The van der Waals surface area contributed by atoms with Crippen molar-refractivity contribution in [2.45, 2.75) is 64.4 Å². The lowest BCUT2D eigenvalue weighted by molar-refractivity contribution is 0.103. The number of carboxylic acid groups (broad SMARTS) is 1. The SMILES string of the molecule is CC(C)(C)[Si](C)(C)OCc1ccc(C(=O)c2c(Cl)ccc(C(NC(=O)O)C3CC3)c2F)cc1. The van der Waals surface area contributed by atoms with Crippen LogP contribution in [0.2, 0.25) is 23.2 Å². The van der Waals surface area contributed by atoms with E-state index >= 15 is 4.39 Å². The molecule has 33 heavy (non-hydrogen) atoms. The van der Waals surface area contributed by atoms with Crippen molar-refractivity contribution in [2.24, 2.45) is 5.92 Å². The summed E-state index contributed by atoms with van der Waals surface area (Å²) >= 11 is 6.21. The lowest BCUT2D eigenvalue weighted by Crippen LogP contribution is -2.40. The van der Waals surface area contributed by atoms with Gasteiger partial charge < -0.3 is 14.8 Å². The van der Waals surface area contributed by atoms with E-state index in [9.17, 15) is 9.59 Å². The molecule has 3 rings (SSSR count). The predicted octanol–water partition coefficient (Wildman–Crippen LogP) is 6.95. The van der Waals surface area contributed by atoms with Gasteiger partial charge >= 0.3 is 6.09 Å². The van der Waals surface area contributed by atoms with E-state index in [1.54, 1.807) is 24.3 Å². The van der Waals surface area contributed by atoms with E-state index in [-0.39, 0.29) is 27.1 Å². The van der Waals surface area contributed by atoms with Crippen LogP contribution in [0.3, 0.4) is 0 Å². The fourth-order valence-corrected chi connectivity index (χ4v) is 4.60. The molecule has 1 atom stereocenters. The third kappa shape index (κ3) is 5.83. The first-order valence-electron chi connectivity index (χ1n) is 11.1. The monoisotopic (exact) mass is 491 g/mol. The molecule has 1 fully saturated rings. The molecule has 1 aliphatic carbocycles. The molecule has 2 aromatic carbocycles. The molecule has 178 valence electrons. The summed E-state index contributed by atoms with van der Waals surface area (Å²) in [6, 6.07) is 9.08. The second kappa shape index (κ2) is 9.56. The van der Waals surface area contributed by atoms with E-state index in [4.69, 9.17) is 21.1 Å². The summed E-state index contributed by atoms with van der Waals surface area (Å²) in [6.45, 7) is 11.3.